The molecule has 0 heterocycles. The molecule has 0 aromatic heterocycles. The third kappa shape index (κ3) is 2.51. The Morgan fingerprint density at radius 3 is 2.75 bits per heavy atom. The molecule has 5 heteroatoms. The number of hydrogen-bond donors (Lipinski definition) is 0. The summed E-state index contributed by atoms with van der Waals surface area (Å²) in [7, 11) is 0. The molecule has 0 fully saturated rings. The normalized spacial score (nSPS) is 10.0. The molecule has 0 aliphatic carbocycles. The van der Waals surface area contributed by atoms with Crippen LogP contribution in [0.1, 0.15) is 22.8 Å². The SMILES string of the molecule is CC(=O)c1ccc(C=CC#N)c([N+](=O)[O-])c1. The van der Waals surface area contributed by atoms with E-state index in [2.05, 4.69) is 0 Å². The van der Waals surface area contributed by atoms with Crippen LogP contribution >= 0.6 is 0 Å². The zero-order valence-electron chi connectivity index (χ0n) is 8.51. The number of allylic oxidation sites excluding steroid dienone is 1. The van der Waals surface area contributed by atoms with Gasteiger partial charge < -0.3 is 0 Å². The lowest BCUT2D eigenvalue weighted by molar-refractivity contribution is -0.385. The molecule has 0 aliphatic rings. The minimum atomic E-state index is -0.580. The summed E-state index contributed by atoms with van der Waals surface area (Å²) in [5.74, 6) is -0.237. The first-order chi connectivity index (χ1) is 7.56. The van der Waals surface area contributed by atoms with Gasteiger partial charge in [-0.15, -0.1) is 0 Å². The van der Waals surface area contributed by atoms with Gasteiger partial charge in [0.1, 0.15) is 0 Å². The lowest BCUT2D eigenvalue weighted by Gasteiger charge is -1.99. The second-order valence-electron chi connectivity index (χ2n) is 3.05. The fourth-order valence-electron chi connectivity index (χ4n) is 1.19. The third-order valence-electron chi connectivity index (χ3n) is 1.97. The maximum absolute atomic E-state index is 11.1. The standard InChI is InChI=1S/C11H8N2O3/c1-8(14)10-5-4-9(3-2-6-12)11(7-10)13(15)16/h2-5,7H,1H3. The van der Waals surface area contributed by atoms with Gasteiger partial charge in [0.25, 0.3) is 5.69 Å². The largest absolute Gasteiger partial charge is 0.295 e. The Labute approximate surface area is 91.8 Å². The van der Waals surface area contributed by atoms with E-state index >= 15 is 0 Å². The van der Waals surface area contributed by atoms with Crippen LogP contribution in [0, 0.1) is 21.4 Å². The van der Waals surface area contributed by atoms with Crippen molar-refractivity contribution < 1.29 is 9.72 Å². The molecule has 16 heavy (non-hydrogen) atoms. The molecule has 0 amide bonds. The van der Waals surface area contributed by atoms with Gasteiger partial charge in [0.2, 0.25) is 0 Å². The lowest BCUT2D eigenvalue weighted by Crippen LogP contribution is -1.97. The maximum Gasteiger partial charge on any atom is 0.277 e. The average molecular weight is 216 g/mol. The van der Waals surface area contributed by atoms with Gasteiger partial charge in [-0.1, -0.05) is 6.07 Å². The highest BCUT2D eigenvalue weighted by atomic mass is 16.6. The van der Waals surface area contributed by atoms with E-state index in [1.807, 2.05) is 0 Å². The van der Waals surface area contributed by atoms with E-state index in [9.17, 15) is 14.9 Å². The van der Waals surface area contributed by atoms with Crippen molar-refractivity contribution in [1.82, 2.24) is 0 Å². The fourth-order valence-corrected chi connectivity index (χ4v) is 1.19. The van der Waals surface area contributed by atoms with Crippen LogP contribution in [-0.4, -0.2) is 10.7 Å². The van der Waals surface area contributed by atoms with Crippen molar-refractivity contribution >= 4 is 17.5 Å². The van der Waals surface area contributed by atoms with Crippen LogP contribution in [0.4, 0.5) is 5.69 Å². The summed E-state index contributed by atoms with van der Waals surface area (Å²) in [6, 6.07) is 5.90. The Kier molecular flexibility index (Phi) is 3.51. The predicted octanol–water partition coefficient (Wildman–Crippen LogP) is 2.33. The first-order valence-electron chi connectivity index (χ1n) is 4.42. The van der Waals surface area contributed by atoms with E-state index in [0.29, 0.717) is 5.56 Å². The van der Waals surface area contributed by atoms with Crippen molar-refractivity contribution in [3.8, 4) is 6.07 Å². The van der Waals surface area contributed by atoms with E-state index < -0.39 is 4.92 Å². The smallest absolute Gasteiger partial charge is 0.277 e. The van der Waals surface area contributed by atoms with E-state index in [0.717, 1.165) is 6.08 Å². The molecule has 1 aromatic carbocycles. The van der Waals surface area contributed by atoms with E-state index in [4.69, 9.17) is 5.26 Å². The van der Waals surface area contributed by atoms with Gasteiger partial charge in [-0.05, 0) is 19.1 Å². The summed E-state index contributed by atoms with van der Waals surface area (Å²) in [4.78, 5) is 21.2. The number of carbonyl (C=O) groups excluding carboxylic acids is 1. The van der Waals surface area contributed by atoms with Crippen LogP contribution in [0.5, 0.6) is 0 Å². The van der Waals surface area contributed by atoms with Gasteiger partial charge in [0.05, 0.1) is 16.6 Å². The molecule has 5 nitrogen and oxygen atoms in total. The van der Waals surface area contributed by atoms with Crippen molar-refractivity contribution in [2.75, 3.05) is 0 Å². The van der Waals surface area contributed by atoms with E-state index in [1.165, 1.54) is 31.2 Å². The number of nitriles is 1. The Morgan fingerprint density at radius 1 is 1.56 bits per heavy atom. The maximum atomic E-state index is 11.1. The second-order valence-corrected chi connectivity index (χ2v) is 3.05. The van der Waals surface area contributed by atoms with Crippen molar-refractivity contribution in [2.45, 2.75) is 6.92 Å². The van der Waals surface area contributed by atoms with Gasteiger partial charge >= 0.3 is 0 Å². The zero-order valence-corrected chi connectivity index (χ0v) is 8.51. The van der Waals surface area contributed by atoms with Gasteiger partial charge in [-0.2, -0.15) is 5.26 Å². The number of nitro benzene ring substituents is 1. The van der Waals surface area contributed by atoms with Crippen LogP contribution in [0.25, 0.3) is 6.08 Å². The minimum Gasteiger partial charge on any atom is -0.295 e. The number of nitrogens with zero attached hydrogens (tertiary/aromatic N) is 2. The number of nitro groups is 1. The minimum absolute atomic E-state index is 0.181. The fraction of sp³-hybridized carbons (Fsp3) is 0.0909. The Hall–Kier alpha value is -2.48. The second kappa shape index (κ2) is 4.84. The van der Waals surface area contributed by atoms with Gasteiger partial charge in [0, 0.05) is 17.7 Å². The predicted molar refractivity (Wildman–Crippen MR) is 57.7 cm³/mol. The summed E-state index contributed by atoms with van der Waals surface area (Å²) < 4.78 is 0. The molecular formula is C11H8N2O3. The van der Waals surface area contributed by atoms with E-state index in [-0.39, 0.29) is 17.0 Å². The summed E-state index contributed by atoms with van der Waals surface area (Å²) in [5, 5.41) is 19.1. The Morgan fingerprint density at radius 2 is 2.25 bits per heavy atom. The van der Waals surface area contributed by atoms with E-state index in [1.54, 1.807) is 6.07 Å². The average Bonchev–Trinajstić information content (AvgIpc) is 2.25. The van der Waals surface area contributed by atoms with Crippen LogP contribution in [-0.2, 0) is 0 Å². The molecule has 0 N–H and O–H groups in total. The van der Waals surface area contributed by atoms with Crippen molar-refractivity contribution in [3.63, 3.8) is 0 Å². The highest BCUT2D eigenvalue weighted by Gasteiger charge is 2.13. The van der Waals surface area contributed by atoms with Crippen molar-refractivity contribution in [3.05, 3.63) is 45.5 Å². The molecule has 0 saturated carbocycles. The monoisotopic (exact) mass is 216 g/mol. The van der Waals surface area contributed by atoms with Gasteiger partial charge in [-0.25, -0.2) is 0 Å². The molecule has 0 unspecified atom stereocenters. The lowest BCUT2D eigenvalue weighted by atomic mass is 10.1. The number of benzene rings is 1. The van der Waals surface area contributed by atoms with Crippen molar-refractivity contribution in [2.24, 2.45) is 0 Å². The van der Waals surface area contributed by atoms with Crippen LogP contribution < -0.4 is 0 Å². The number of carbonyl (C=O) groups is 1. The molecule has 0 bridgehead atoms. The third-order valence-corrected chi connectivity index (χ3v) is 1.97. The molecular weight excluding hydrogens is 208 g/mol. The first-order valence-corrected chi connectivity index (χ1v) is 4.42. The van der Waals surface area contributed by atoms with Crippen molar-refractivity contribution in [1.29, 1.82) is 5.26 Å². The molecule has 1 rings (SSSR count). The molecule has 80 valence electrons. The number of hydrogen-bond acceptors (Lipinski definition) is 4. The molecule has 0 spiro atoms. The number of Topliss-reactive ketones (excluding diaryl/α,β-unsaturated/α-hetero) is 1. The van der Waals surface area contributed by atoms with Crippen LogP contribution in [0.15, 0.2) is 24.3 Å². The van der Waals surface area contributed by atoms with Crippen LogP contribution in [0.3, 0.4) is 0 Å². The topological polar surface area (TPSA) is 84.0 Å². The summed E-state index contributed by atoms with van der Waals surface area (Å²) in [6.07, 6.45) is 2.48. The Balaban J connectivity index is 3.31. The summed E-state index contributed by atoms with van der Waals surface area (Å²) >= 11 is 0. The summed E-state index contributed by atoms with van der Waals surface area (Å²) in [5.41, 5.74) is 0.400. The summed E-state index contributed by atoms with van der Waals surface area (Å²) in [6.45, 7) is 1.34. The van der Waals surface area contributed by atoms with Crippen LogP contribution in [0.2, 0.25) is 0 Å². The molecule has 0 saturated heterocycles. The number of ketones is 1. The van der Waals surface area contributed by atoms with Gasteiger partial charge in [0.15, 0.2) is 5.78 Å². The van der Waals surface area contributed by atoms with Gasteiger partial charge in [-0.3, -0.25) is 14.9 Å². The molecule has 1 aromatic rings. The first kappa shape index (κ1) is 11.6. The highest BCUT2D eigenvalue weighted by Crippen LogP contribution is 2.21. The molecule has 0 atom stereocenters. The Bertz CT molecular complexity index is 512. The molecule has 0 radical (unpaired) electrons. The number of rotatable bonds is 3. The quantitative estimate of drug-likeness (QED) is 0.336. The highest BCUT2D eigenvalue weighted by molar-refractivity contribution is 5.95. The zero-order chi connectivity index (χ0) is 12.1. The molecule has 0 aliphatic heterocycles.